The molecule has 4 aromatic rings. The van der Waals surface area contributed by atoms with E-state index in [4.69, 9.17) is 23.4 Å². The average Bonchev–Trinajstić information content (AvgIpc) is 3.45. The van der Waals surface area contributed by atoms with Crippen LogP contribution < -0.4 is 19.5 Å². The zero-order valence-electron chi connectivity index (χ0n) is 31.7. The number of pyridine rings is 1. The van der Waals surface area contributed by atoms with Gasteiger partial charge in [-0.15, -0.1) is 0 Å². The summed E-state index contributed by atoms with van der Waals surface area (Å²) in [6.07, 6.45) is 1.06. The molecule has 1 N–H and O–H groups in total. The lowest BCUT2D eigenvalue weighted by Gasteiger charge is -2.37. The summed E-state index contributed by atoms with van der Waals surface area (Å²) in [5.74, 6) is 1.17. The molecule has 5 rings (SSSR count). The maximum absolute atomic E-state index is 14.1. The molecule has 2 amide bonds. The van der Waals surface area contributed by atoms with Crippen molar-refractivity contribution in [2.45, 2.75) is 64.3 Å². The van der Waals surface area contributed by atoms with E-state index in [2.05, 4.69) is 68.4 Å². The first-order valence-corrected chi connectivity index (χ1v) is 20.5. The number of nitrogens with zero attached hydrogens (tertiary/aromatic N) is 2. The fourth-order valence-corrected chi connectivity index (χ4v) is 7.26. The van der Waals surface area contributed by atoms with Crippen molar-refractivity contribution in [1.82, 2.24) is 15.2 Å². The number of aromatic nitrogens is 1. The molecule has 0 fully saturated rings. The first-order chi connectivity index (χ1) is 24.8. The number of carbonyl (C=O) groups is 2. The molecule has 11 heteroatoms. The molecule has 0 unspecified atom stereocenters. The zero-order chi connectivity index (χ0) is 37.6. The van der Waals surface area contributed by atoms with Crippen LogP contribution in [0.3, 0.4) is 0 Å². The predicted octanol–water partition coefficient (Wildman–Crippen LogP) is 8.05. The van der Waals surface area contributed by atoms with Gasteiger partial charge in [0.05, 0.1) is 33.6 Å². The fraction of sp³-hybridized carbons (Fsp3) is 0.390. The van der Waals surface area contributed by atoms with Crippen LogP contribution in [0.4, 0.5) is 4.79 Å². The standard InChI is InChI=1S/C41H51N3O7Si/c1-27(43-40(46)50-26-34-32-16-12-10-14-30(32)31-15-11-13-17-33(31)34)39(45)44(20-21-51-52(8,9)41(2,3)4)25-28-18-19-42-35(22-28)29-23-36(47-5)38(49-7)37(24-29)48-6/h10-19,22-24,27,34H,20-21,25-26H2,1-9H3,(H,43,46)/t27-/m0/s1. The van der Waals surface area contributed by atoms with Crippen LogP contribution in [0.1, 0.15) is 50.3 Å². The van der Waals surface area contributed by atoms with Gasteiger partial charge in [0.25, 0.3) is 0 Å². The van der Waals surface area contributed by atoms with Crippen LogP contribution >= 0.6 is 0 Å². The lowest BCUT2D eigenvalue weighted by Crippen LogP contribution is -2.49. The third-order valence-electron chi connectivity index (χ3n) is 10.1. The Labute approximate surface area is 308 Å². The van der Waals surface area contributed by atoms with Crippen LogP contribution in [-0.4, -0.2) is 77.3 Å². The fourth-order valence-electron chi connectivity index (χ4n) is 6.23. The summed E-state index contributed by atoms with van der Waals surface area (Å²) >= 11 is 0. The molecule has 0 aliphatic heterocycles. The molecule has 3 aromatic carbocycles. The van der Waals surface area contributed by atoms with Crippen molar-refractivity contribution in [2.24, 2.45) is 0 Å². The maximum Gasteiger partial charge on any atom is 0.407 e. The van der Waals surface area contributed by atoms with Gasteiger partial charge in [0.2, 0.25) is 11.7 Å². The first-order valence-electron chi connectivity index (χ1n) is 17.6. The van der Waals surface area contributed by atoms with Crippen LogP contribution in [-0.2, 0) is 20.5 Å². The summed E-state index contributed by atoms with van der Waals surface area (Å²) in [7, 11) is 2.62. The minimum atomic E-state index is -2.08. The van der Waals surface area contributed by atoms with E-state index in [1.54, 1.807) is 39.3 Å². The Morgan fingerprint density at radius 2 is 1.48 bits per heavy atom. The third kappa shape index (κ3) is 8.42. The molecule has 1 aliphatic rings. The van der Waals surface area contributed by atoms with Gasteiger partial charge in [-0.3, -0.25) is 9.78 Å². The largest absolute Gasteiger partial charge is 0.493 e. The molecule has 0 saturated heterocycles. The van der Waals surface area contributed by atoms with Crippen LogP contribution in [0, 0.1) is 0 Å². The number of ether oxygens (including phenoxy) is 4. The highest BCUT2D eigenvalue weighted by Crippen LogP contribution is 2.45. The second-order valence-electron chi connectivity index (χ2n) is 14.5. The zero-order valence-corrected chi connectivity index (χ0v) is 32.7. The second kappa shape index (κ2) is 16.2. The Morgan fingerprint density at radius 1 is 0.885 bits per heavy atom. The van der Waals surface area contributed by atoms with Crippen molar-refractivity contribution in [3.8, 4) is 39.6 Å². The number of carbonyl (C=O) groups excluding carboxylic acids is 2. The number of rotatable bonds is 14. The molecule has 0 bridgehead atoms. The van der Waals surface area contributed by atoms with Crippen LogP contribution in [0.2, 0.25) is 18.1 Å². The minimum absolute atomic E-state index is 0.0151. The Hall–Kier alpha value is -4.87. The Bertz CT molecular complexity index is 1820. The van der Waals surface area contributed by atoms with Crippen molar-refractivity contribution in [3.63, 3.8) is 0 Å². The first kappa shape index (κ1) is 38.4. The smallest absolute Gasteiger partial charge is 0.407 e. The molecular formula is C41H51N3O7Si. The lowest BCUT2D eigenvalue weighted by molar-refractivity contribution is -0.134. The van der Waals surface area contributed by atoms with Gasteiger partial charge in [-0.25, -0.2) is 4.79 Å². The van der Waals surface area contributed by atoms with Gasteiger partial charge in [0.15, 0.2) is 19.8 Å². The topological polar surface area (TPSA) is 108 Å². The number of hydrogen-bond acceptors (Lipinski definition) is 8. The Morgan fingerprint density at radius 3 is 2.04 bits per heavy atom. The SMILES string of the molecule is COc1cc(-c2cc(CN(CCO[Si](C)(C)C(C)(C)C)C(=O)[C@H](C)NC(=O)OCC3c4ccccc4-c4ccccc43)ccn2)cc(OC)c1OC. The van der Waals surface area contributed by atoms with Crippen molar-refractivity contribution in [1.29, 1.82) is 0 Å². The summed E-state index contributed by atoms with van der Waals surface area (Å²) in [4.78, 5) is 33.5. The average molecular weight is 726 g/mol. The van der Waals surface area contributed by atoms with Gasteiger partial charge >= 0.3 is 6.09 Å². The van der Waals surface area contributed by atoms with E-state index in [1.165, 1.54) is 0 Å². The summed E-state index contributed by atoms with van der Waals surface area (Å²) in [6, 6.07) is 23.0. The molecule has 0 radical (unpaired) electrons. The monoisotopic (exact) mass is 725 g/mol. The van der Waals surface area contributed by atoms with Crippen molar-refractivity contribution in [2.75, 3.05) is 41.1 Å². The van der Waals surface area contributed by atoms with Gasteiger partial charge in [0.1, 0.15) is 12.6 Å². The van der Waals surface area contributed by atoms with E-state index in [9.17, 15) is 9.59 Å². The molecule has 1 aromatic heterocycles. The Balaban J connectivity index is 1.31. The number of hydrogen-bond donors (Lipinski definition) is 1. The van der Waals surface area contributed by atoms with Gasteiger partial charge in [-0.2, -0.15) is 0 Å². The van der Waals surface area contributed by atoms with Gasteiger partial charge in [-0.05, 0) is 77.1 Å². The van der Waals surface area contributed by atoms with Crippen molar-refractivity contribution in [3.05, 3.63) is 95.7 Å². The lowest BCUT2D eigenvalue weighted by atomic mass is 9.98. The molecule has 0 spiro atoms. The van der Waals surface area contributed by atoms with Gasteiger partial charge in [-0.1, -0.05) is 69.3 Å². The van der Waals surface area contributed by atoms with E-state index < -0.39 is 20.5 Å². The van der Waals surface area contributed by atoms with E-state index in [0.717, 1.165) is 33.4 Å². The Kier molecular flexibility index (Phi) is 12.0. The second-order valence-corrected chi connectivity index (χ2v) is 19.3. The predicted molar refractivity (Wildman–Crippen MR) is 206 cm³/mol. The van der Waals surface area contributed by atoms with Crippen molar-refractivity contribution >= 4 is 20.3 Å². The number of alkyl carbamates (subject to hydrolysis) is 1. The maximum atomic E-state index is 14.1. The molecular weight excluding hydrogens is 675 g/mol. The van der Waals surface area contributed by atoms with Crippen LogP contribution in [0.25, 0.3) is 22.4 Å². The van der Waals surface area contributed by atoms with Gasteiger partial charge in [0, 0.05) is 30.8 Å². The summed E-state index contributed by atoms with van der Waals surface area (Å²) < 4.78 is 28.8. The molecule has 1 atom stereocenters. The molecule has 10 nitrogen and oxygen atoms in total. The highest BCUT2D eigenvalue weighted by atomic mass is 28.4. The van der Waals surface area contributed by atoms with E-state index in [1.807, 2.05) is 48.5 Å². The number of fused-ring (bicyclic) bond motifs is 3. The van der Waals surface area contributed by atoms with E-state index in [-0.39, 0.29) is 30.0 Å². The quantitative estimate of drug-likeness (QED) is 0.130. The van der Waals surface area contributed by atoms with Crippen LogP contribution in [0.15, 0.2) is 79.0 Å². The number of nitrogens with one attached hydrogen (secondary N) is 1. The van der Waals surface area contributed by atoms with Crippen LogP contribution in [0.5, 0.6) is 17.2 Å². The molecule has 276 valence electrons. The highest BCUT2D eigenvalue weighted by molar-refractivity contribution is 6.74. The molecule has 1 heterocycles. The number of methoxy groups -OCH3 is 3. The van der Waals surface area contributed by atoms with E-state index >= 15 is 0 Å². The van der Waals surface area contributed by atoms with Crippen molar-refractivity contribution < 1.29 is 33.0 Å². The number of benzene rings is 3. The third-order valence-corrected chi connectivity index (χ3v) is 14.7. The molecule has 1 aliphatic carbocycles. The van der Waals surface area contributed by atoms with Gasteiger partial charge < -0.3 is 33.6 Å². The summed E-state index contributed by atoms with van der Waals surface area (Å²) in [5.41, 5.74) is 6.83. The summed E-state index contributed by atoms with van der Waals surface area (Å²) in [6.45, 7) is 13.7. The normalized spacial score (nSPS) is 13.1. The molecule has 52 heavy (non-hydrogen) atoms. The molecule has 0 saturated carbocycles. The minimum Gasteiger partial charge on any atom is -0.493 e. The van der Waals surface area contributed by atoms with E-state index in [0.29, 0.717) is 36.1 Å². The number of amides is 2. The summed E-state index contributed by atoms with van der Waals surface area (Å²) in [5, 5.41) is 2.80. The highest BCUT2D eigenvalue weighted by Gasteiger charge is 2.37.